The van der Waals surface area contributed by atoms with Crippen LogP contribution >= 0.6 is 0 Å². The van der Waals surface area contributed by atoms with Gasteiger partial charge >= 0.3 is 5.97 Å². The first kappa shape index (κ1) is 20.6. The summed E-state index contributed by atoms with van der Waals surface area (Å²) in [6, 6.07) is 16.5. The number of carbonyl (C=O) groups excluding carboxylic acids is 1. The second kappa shape index (κ2) is 10.4. The summed E-state index contributed by atoms with van der Waals surface area (Å²) in [6.45, 7) is 6.42. The number of aryl methyl sites for hydroxylation is 1. The molecule has 4 nitrogen and oxygen atoms in total. The van der Waals surface area contributed by atoms with E-state index in [1.807, 2.05) is 30.3 Å². The number of anilines is 1. The molecule has 0 aliphatic carbocycles. The molecule has 0 spiro atoms. The molecule has 2 aromatic rings. The quantitative estimate of drug-likeness (QED) is 0.491. The zero-order valence-corrected chi connectivity index (χ0v) is 16.6. The summed E-state index contributed by atoms with van der Waals surface area (Å²) in [7, 11) is 1.66. The lowest BCUT2D eigenvalue weighted by Crippen LogP contribution is -2.18. The molecule has 27 heavy (non-hydrogen) atoms. The van der Waals surface area contributed by atoms with Gasteiger partial charge in [0.1, 0.15) is 5.75 Å². The Bertz CT molecular complexity index is 735. The summed E-state index contributed by atoms with van der Waals surface area (Å²) in [6.07, 6.45) is 4.42. The van der Waals surface area contributed by atoms with Crippen LogP contribution < -0.4 is 10.1 Å². The Balaban J connectivity index is 2.24. The van der Waals surface area contributed by atoms with Crippen molar-refractivity contribution in [3.8, 4) is 5.75 Å². The highest BCUT2D eigenvalue weighted by Gasteiger charge is 2.18. The molecule has 4 heteroatoms. The predicted molar refractivity (Wildman–Crippen MR) is 110 cm³/mol. The Morgan fingerprint density at radius 3 is 2.30 bits per heavy atom. The first-order valence-corrected chi connectivity index (χ1v) is 9.41. The minimum absolute atomic E-state index is 0.0231. The summed E-state index contributed by atoms with van der Waals surface area (Å²) in [5.41, 5.74) is 3.47. The molecule has 0 bridgehead atoms. The Labute approximate surface area is 162 Å². The second-order valence-electron chi connectivity index (χ2n) is 6.42. The average molecular weight is 367 g/mol. The molecular weight excluding hydrogens is 338 g/mol. The Morgan fingerprint density at radius 1 is 1.07 bits per heavy atom. The van der Waals surface area contributed by atoms with E-state index in [4.69, 9.17) is 9.47 Å². The molecule has 0 fully saturated rings. The van der Waals surface area contributed by atoms with Crippen LogP contribution in [0.4, 0.5) is 5.69 Å². The number of ether oxygens (including phenoxy) is 2. The van der Waals surface area contributed by atoms with Crippen LogP contribution in [-0.2, 0) is 16.0 Å². The van der Waals surface area contributed by atoms with Gasteiger partial charge in [-0.1, -0.05) is 44.2 Å². The molecule has 2 rings (SSSR count). The number of nitrogens with one attached hydrogen (secondary N) is 1. The summed E-state index contributed by atoms with van der Waals surface area (Å²) in [5, 5.41) is 3.58. The molecule has 1 N–H and O–H groups in total. The molecule has 0 unspecified atom stereocenters. The van der Waals surface area contributed by atoms with E-state index in [0.29, 0.717) is 6.61 Å². The normalized spacial score (nSPS) is 13.2. The first-order chi connectivity index (χ1) is 13.1. The van der Waals surface area contributed by atoms with Gasteiger partial charge in [0.15, 0.2) is 0 Å². The van der Waals surface area contributed by atoms with E-state index in [-0.39, 0.29) is 17.9 Å². The van der Waals surface area contributed by atoms with Crippen molar-refractivity contribution in [2.45, 2.75) is 33.2 Å². The first-order valence-electron chi connectivity index (χ1n) is 9.41. The van der Waals surface area contributed by atoms with Crippen LogP contribution in [-0.4, -0.2) is 19.7 Å². The van der Waals surface area contributed by atoms with E-state index in [9.17, 15) is 4.79 Å². The fraction of sp³-hybridized carbons (Fsp3) is 0.348. The van der Waals surface area contributed by atoms with Gasteiger partial charge in [-0.3, -0.25) is 0 Å². The minimum Gasteiger partial charge on any atom is -0.497 e. The monoisotopic (exact) mass is 367 g/mol. The minimum atomic E-state index is -0.311. The molecule has 0 radical (unpaired) electrons. The Kier molecular flexibility index (Phi) is 7.93. The van der Waals surface area contributed by atoms with E-state index < -0.39 is 0 Å². The van der Waals surface area contributed by atoms with Gasteiger partial charge in [0, 0.05) is 11.8 Å². The molecule has 2 aromatic carbocycles. The van der Waals surface area contributed by atoms with Crippen molar-refractivity contribution in [2.75, 3.05) is 19.0 Å². The van der Waals surface area contributed by atoms with Crippen molar-refractivity contribution in [1.29, 1.82) is 0 Å². The van der Waals surface area contributed by atoms with Gasteiger partial charge in [-0.15, -0.1) is 0 Å². The molecule has 0 amide bonds. The molecule has 0 aromatic heterocycles. The van der Waals surface area contributed by atoms with Crippen LogP contribution in [0.2, 0.25) is 0 Å². The number of carbonyl (C=O) groups is 1. The summed E-state index contributed by atoms with van der Waals surface area (Å²) < 4.78 is 10.2. The van der Waals surface area contributed by atoms with Gasteiger partial charge in [0.05, 0.1) is 19.8 Å². The number of benzene rings is 2. The summed E-state index contributed by atoms with van der Waals surface area (Å²) in [5.74, 6) is 0.595. The van der Waals surface area contributed by atoms with Crippen molar-refractivity contribution in [1.82, 2.24) is 0 Å². The lowest BCUT2D eigenvalue weighted by molar-refractivity contribution is -0.137. The van der Waals surface area contributed by atoms with E-state index in [0.717, 1.165) is 17.9 Å². The number of hydrogen-bond acceptors (Lipinski definition) is 4. The fourth-order valence-electron chi connectivity index (χ4n) is 2.88. The number of esters is 1. The van der Waals surface area contributed by atoms with Gasteiger partial charge < -0.3 is 14.8 Å². The molecular formula is C23H29NO3. The molecule has 0 saturated heterocycles. The van der Waals surface area contributed by atoms with Gasteiger partial charge in [0.2, 0.25) is 0 Å². The standard InChI is InChI=1S/C23H29NO3/c1-5-18-8-10-19(11-9-18)23(17(3)7-16-22(25)27-6-2)24-20-12-14-21(26-4)15-13-20/h7-17,23-24H,5-6H2,1-4H3/b16-7+/t17-,23-/m0/s1. The third kappa shape index (κ3) is 6.17. The maximum absolute atomic E-state index is 11.7. The molecule has 0 aliphatic heterocycles. The molecule has 144 valence electrons. The smallest absolute Gasteiger partial charge is 0.330 e. The second-order valence-corrected chi connectivity index (χ2v) is 6.42. The van der Waals surface area contributed by atoms with Crippen molar-refractivity contribution >= 4 is 11.7 Å². The highest BCUT2D eigenvalue weighted by molar-refractivity contribution is 5.81. The number of rotatable bonds is 9. The third-order valence-corrected chi connectivity index (χ3v) is 4.51. The van der Waals surface area contributed by atoms with Crippen LogP contribution in [0.3, 0.4) is 0 Å². The summed E-state index contributed by atoms with van der Waals surface area (Å²) >= 11 is 0. The van der Waals surface area contributed by atoms with Crippen LogP contribution in [0.1, 0.15) is 37.9 Å². The third-order valence-electron chi connectivity index (χ3n) is 4.51. The van der Waals surface area contributed by atoms with Crippen molar-refractivity contribution in [3.05, 3.63) is 71.8 Å². The zero-order chi connectivity index (χ0) is 19.6. The van der Waals surface area contributed by atoms with Crippen LogP contribution in [0.25, 0.3) is 0 Å². The number of methoxy groups -OCH3 is 1. The fourth-order valence-corrected chi connectivity index (χ4v) is 2.88. The molecule has 0 saturated carbocycles. The van der Waals surface area contributed by atoms with Gasteiger partial charge in [-0.05, 0) is 54.7 Å². The largest absolute Gasteiger partial charge is 0.497 e. The lowest BCUT2D eigenvalue weighted by Gasteiger charge is -2.25. The van der Waals surface area contributed by atoms with Crippen LogP contribution in [0.15, 0.2) is 60.7 Å². The van der Waals surface area contributed by atoms with Crippen LogP contribution in [0.5, 0.6) is 5.75 Å². The zero-order valence-electron chi connectivity index (χ0n) is 16.6. The SMILES string of the molecule is CCOC(=O)/C=C/[C@H](C)[C@H](Nc1ccc(OC)cc1)c1ccc(CC)cc1. The van der Waals surface area contributed by atoms with E-state index in [1.165, 1.54) is 17.2 Å². The van der Waals surface area contributed by atoms with Crippen molar-refractivity contribution < 1.29 is 14.3 Å². The molecule has 0 heterocycles. The maximum Gasteiger partial charge on any atom is 0.330 e. The van der Waals surface area contributed by atoms with Gasteiger partial charge in [0.25, 0.3) is 0 Å². The van der Waals surface area contributed by atoms with E-state index in [2.05, 4.69) is 43.4 Å². The van der Waals surface area contributed by atoms with Gasteiger partial charge in [-0.25, -0.2) is 4.79 Å². The van der Waals surface area contributed by atoms with Gasteiger partial charge in [-0.2, -0.15) is 0 Å². The molecule has 2 atom stereocenters. The van der Waals surface area contributed by atoms with Crippen LogP contribution in [0, 0.1) is 5.92 Å². The molecule has 0 aliphatic rings. The van der Waals surface area contributed by atoms with Crippen molar-refractivity contribution in [2.24, 2.45) is 5.92 Å². The highest BCUT2D eigenvalue weighted by Crippen LogP contribution is 2.29. The Hall–Kier alpha value is -2.75. The topological polar surface area (TPSA) is 47.6 Å². The van der Waals surface area contributed by atoms with Crippen molar-refractivity contribution in [3.63, 3.8) is 0 Å². The van der Waals surface area contributed by atoms with E-state index >= 15 is 0 Å². The summed E-state index contributed by atoms with van der Waals surface area (Å²) in [4.78, 5) is 11.7. The highest BCUT2D eigenvalue weighted by atomic mass is 16.5. The maximum atomic E-state index is 11.7. The van der Waals surface area contributed by atoms with E-state index in [1.54, 1.807) is 14.0 Å². The predicted octanol–water partition coefficient (Wildman–Crippen LogP) is 5.17. The Morgan fingerprint density at radius 2 is 1.74 bits per heavy atom. The average Bonchev–Trinajstić information content (AvgIpc) is 2.71. The lowest BCUT2D eigenvalue weighted by atomic mass is 9.92. The number of hydrogen-bond donors (Lipinski definition) is 1.